The Morgan fingerprint density at radius 2 is 2.20 bits per heavy atom. The third kappa shape index (κ3) is 2.85. The zero-order valence-electron chi connectivity index (χ0n) is 10.0. The van der Waals surface area contributed by atoms with Crippen LogP contribution in [0.4, 0.5) is 5.82 Å². The standard InChI is InChI=1S/C12H20N2O/c1-5-8(2)6-10-9(3)14-12(13)7-11(10)15-4/h7-8H,5-6H2,1-4H3,(H2,13,14). The van der Waals surface area contributed by atoms with Crippen molar-refractivity contribution in [3.8, 4) is 5.75 Å². The molecular formula is C12H20N2O. The number of nitrogens with zero attached hydrogens (tertiary/aromatic N) is 1. The molecule has 0 fully saturated rings. The normalized spacial score (nSPS) is 12.5. The number of methoxy groups -OCH3 is 1. The molecule has 0 saturated carbocycles. The lowest BCUT2D eigenvalue weighted by Crippen LogP contribution is -2.06. The van der Waals surface area contributed by atoms with Crippen molar-refractivity contribution in [2.75, 3.05) is 12.8 Å². The van der Waals surface area contributed by atoms with Crippen LogP contribution in [0.5, 0.6) is 5.75 Å². The average Bonchev–Trinajstić information content (AvgIpc) is 2.21. The maximum atomic E-state index is 5.68. The lowest BCUT2D eigenvalue weighted by atomic mass is 9.97. The monoisotopic (exact) mass is 208 g/mol. The predicted octanol–water partition coefficient (Wildman–Crippen LogP) is 2.57. The van der Waals surface area contributed by atoms with Gasteiger partial charge < -0.3 is 10.5 Å². The van der Waals surface area contributed by atoms with Crippen LogP contribution >= 0.6 is 0 Å². The Bertz CT molecular complexity index is 337. The molecule has 1 heterocycles. The van der Waals surface area contributed by atoms with Crippen molar-refractivity contribution in [1.82, 2.24) is 4.98 Å². The van der Waals surface area contributed by atoms with Gasteiger partial charge in [-0.25, -0.2) is 4.98 Å². The molecule has 84 valence electrons. The molecule has 0 spiro atoms. The van der Waals surface area contributed by atoms with Gasteiger partial charge in [-0.05, 0) is 19.3 Å². The van der Waals surface area contributed by atoms with Crippen molar-refractivity contribution >= 4 is 5.82 Å². The first-order valence-electron chi connectivity index (χ1n) is 5.38. The van der Waals surface area contributed by atoms with E-state index >= 15 is 0 Å². The Labute approximate surface area is 91.7 Å². The molecule has 0 radical (unpaired) electrons. The maximum Gasteiger partial charge on any atom is 0.127 e. The van der Waals surface area contributed by atoms with E-state index in [2.05, 4.69) is 18.8 Å². The number of anilines is 1. The van der Waals surface area contributed by atoms with Crippen LogP contribution in [0.1, 0.15) is 31.5 Å². The Kier molecular flexibility index (Phi) is 3.95. The molecule has 1 aromatic heterocycles. The molecule has 0 aliphatic heterocycles. The number of hydrogen-bond acceptors (Lipinski definition) is 3. The molecule has 3 heteroatoms. The Hall–Kier alpha value is -1.25. The van der Waals surface area contributed by atoms with Crippen molar-refractivity contribution in [3.05, 3.63) is 17.3 Å². The summed E-state index contributed by atoms with van der Waals surface area (Å²) in [4.78, 5) is 4.27. The van der Waals surface area contributed by atoms with E-state index in [0.717, 1.165) is 24.3 Å². The lowest BCUT2D eigenvalue weighted by molar-refractivity contribution is 0.403. The van der Waals surface area contributed by atoms with Gasteiger partial charge in [-0.2, -0.15) is 0 Å². The quantitative estimate of drug-likeness (QED) is 0.827. The van der Waals surface area contributed by atoms with Crippen LogP contribution in [-0.4, -0.2) is 12.1 Å². The first kappa shape index (κ1) is 11.8. The van der Waals surface area contributed by atoms with E-state index in [1.807, 2.05) is 6.92 Å². The first-order chi connectivity index (χ1) is 7.08. The second-order valence-electron chi connectivity index (χ2n) is 4.03. The van der Waals surface area contributed by atoms with Crippen LogP contribution in [0.25, 0.3) is 0 Å². The number of rotatable bonds is 4. The van der Waals surface area contributed by atoms with Gasteiger partial charge in [0.25, 0.3) is 0 Å². The second kappa shape index (κ2) is 5.01. The van der Waals surface area contributed by atoms with E-state index in [0.29, 0.717) is 11.7 Å². The van der Waals surface area contributed by atoms with E-state index in [4.69, 9.17) is 10.5 Å². The molecule has 1 unspecified atom stereocenters. The maximum absolute atomic E-state index is 5.68. The van der Waals surface area contributed by atoms with Crippen LogP contribution < -0.4 is 10.5 Å². The van der Waals surface area contributed by atoms with Gasteiger partial charge in [-0.15, -0.1) is 0 Å². The number of aryl methyl sites for hydroxylation is 1. The van der Waals surface area contributed by atoms with Gasteiger partial charge in [0, 0.05) is 17.3 Å². The summed E-state index contributed by atoms with van der Waals surface area (Å²) in [6.45, 7) is 6.41. The molecule has 1 rings (SSSR count). The zero-order valence-corrected chi connectivity index (χ0v) is 10.0. The number of nitrogen functional groups attached to an aromatic ring is 1. The summed E-state index contributed by atoms with van der Waals surface area (Å²) >= 11 is 0. The highest BCUT2D eigenvalue weighted by atomic mass is 16.5. The van der Waals surface area contributed by atoms with Crippen molar-refractivity contribution < 1.29 is 4.74 Å². The molecule has 15 heavy (non-hydrogen) atoms. The molecule has 0 saturated heterocycles. The summed E-state index contributed by atoms with van der Waals surface area (Å²) in [7, 11) is 1.67. The van der Waals surface area contributed by atoms with E-state index in [1.165, 1.54) is 5.56 Å². The molecule has 0 aliphatic rings. The molecule has 0 amide bonds. The van der Waals surface area contributed by atoms with Gasteiger partial charge in [0.05, 0.1) is 7.11 Å². The molecule has 0 aromatic carbocycles. The molecule has 2 N–H and O–H groups in total. The minimum absolute atomic E-state index is 0.525. The molecule has 1 aromatic rings. The van der Waals surface area contributed by atoms with Crippen LogP contribution in [0.2, 0.25) is 0 Å². The van der Waals surface area contributed by atoms with Gasteiger partial charge >= 0.3 is 0 Å². The highest BCUT2D eigenvalue weighted by Crippen LogP contribution is 2.26. The fraction of sp³-hybridized carbons (Fsp3) is 0.583. The van der Waals surface area contributed by atoms with Crippen LogP contribution in [0, 0.1) is 12.8 Å². The van der Waals surface area contributed by atoms with Crippen molar-refractivity contribution in [3.63, 3.8) is 0 Å². The Morgan fingerprint density at radius 1 is 1.53 bits per heavy atom. The molecule has 0 bridgehead atoms. The summed E-state index contributed by atoms with van der Waals surface area (Å²) in [5, 5.41) is 0. The zero-order chi connectivity index (χ0) is 11.4. The number of pyridine rings is 1. The molecular weight excluding hydrogens is 188 g/mol. The SMILES string of the molecule is CCC(C)Cc1c(OC)cc(N)nc1C. The van der Waals surface area contributed by atoms with E-state index in [9.17, 15) is 0 Å². The van der Waals surface area contributed by atoms with E-state index < -0.39 is 0 Å². The highest BCUT2D eigenvalue weighted by molar-refractivity contribution is 5.45. The van der Waals surface area contributed by atoms with Crippen molar-refractivity contribution in [1.29, 1.82) is 0 Å². The molecule has 1 atom stereocenters. The minimum Gasteiger partial charge on any atom is -0.496 e. The lowest BCUT2D eigenvalue weighted by Gasteiger charge is -2.15. The fourth-order valence-corrected chi connectivity index (χ4v) is 1.62. The summed E-state index contributed by atoms with van der Waals surface area (Å²) in [6.07, 6.45) is 2.16. The summed E-state index contributed by atoms with van der Waals surface area (Å²) in [5.41, 5.74) is 7.84. The van der Waals surface area contributed by atoms with E-state index in [1.54, 1.807) is 13.2 Å². The Balaban J connectivity index is 3.04. The van der Waals surface area contributed by atoms with E-state index in [-0.39, 0.29) is 0 Å². The average molecular weight is 208 g/mol. The van der Waals surface area contributed by atoms with Crippen LogP contribution in [0.15, 0.2) is 6.07 Å². The number of hydrogen-bond donors (Lipinski definition) is 1. The third-order valence-corrected chi connectivity index (χ3v) is 2.78. The summed E-state index contributed by atoms with van der Waals surface area (Å²) < 4.78 is 5.33. The third-order valence-electron chi connectivity index (χ3n) is 2.78. The smallest absolute Gasteiger partial charge is 0.127 e. The molecule has 3 nitrogen and oxygen atoms in total. The fourth-order valence-electron chi connectivity index (χ4n) is 1.62. The predicted molar refractivity (Wildman–Crippen MR) is 63.1 cm³/mol. The minimum atomic E-state index is 0.525. The van der Waals surface area contributed by atoms with Crippen LogP contribution in [0.3, 0.4) is 0 Å². The van der Waals surface area contributed by atoms with Gasteiger partial charge in [-0.1, -0.05) is 20.3 Å². The van der Waals surface area contributed by atoms with Crippen molar-refractivity contribution in [2.45, 2.75) is 33.6 Å². The summed E-state index contributed by atoms with van der Waals surface area (Å²) in [6, 6.07) is 1.80. The van der Waals surface area contributed by atoms with Crippen molar-refractivity contribution in [2.24, 2.45) is 5.92 Å². The second-order valence-corrected chi connectivity index (χ2v) is 4.03. The number of nitrogens with two attached hydrogens (primary N) is 1. The number of ether oxygens (including phenoxy) is 1. The summed E-state index contributed by atoms with van der Waals surface area (Å²) in [5.74, 6) is 2.03. The van der Waals surface area contributed by atoms with Gasteiger partial charge in [0.15, 0.2) is 0 Å². The van der Waals surface area contributed by atoms with Crippen LogP contribution in [-0.2, 0) is 6.42 Å². The number of aromatic nitrogens is 1. The van der Waals surface area contributed by atoms with Gasteiger partial charge in [0.1, 0.15) is 11.6 Å². The largest absolute Gasteiger partial charge is 0.496 e. The Morgan fingerprint density at radius 3 is 2.73 bits per heavy atom. The highest BCUT2D eigenvalue weighted by Gasteiger charge is 2.11. The molecule has 0 aliphatic carbocycles. The van der Waals surface area contributed by atoms with Gasteiger partial charge in [-0.3, -0.25) is 0 Å². The van der Waals surface area contributed by atoms with Gasteiger partial charge in [0.2, 0.25) is 0 Å². The topological polar surface area (TPSA) is 48.1 Å². The first-order valence-corrected chi connectivity index (χ1v) is 5.38.